The van der Waals surface area contributed by atoms with E-state index < -0.39 is 0 Å². The van der Waals surface area contributed by atoms with Crippen molar-refractivity contribution in [2.45, 2.75) is 9.79 Å². The van der Waals surface area contributed by atoms with E-state index in [1.807, 2.05) is 109 Å². The van der Waals surface area contributed by atoms with E-state index in [2.05, 4.69) is 41.3 Å². The molecule has 0 atom stereocenters. The Labute approximate surface area is 253 Å². The van der Waals surface area contributed by atoms with Gasteiger partial charge in [-0.05, 0) is 82.9 Å². The van der Waals surface area contributed by atoms with E-state index in [9.17, 15) is 9.59 Å². The van der Waals surface area contributed by atoms with Gasteiger partial charge in [-0.25, -0.2) is 4.90 Å². The normalized spacial score (nSPS) is 13.5. The lowest BCUT2D eigenvalue weighted by molar-refractivity contribution is 0.0926. The molecule has 2 amide bonds. The zero-order chi connectivity index (χ0) is 28.9. The van der Waals surface area contributed by atoms with E-state index in [-0.39, 0.29) is 11.8 Å². The smallest absolute Gasteiger partial charge is 0.266 e. The molecule has 0 aromatic heterocycles. The van der Waals surface area contributed by atoms with Gasteiger partial charge in [-0.2, -0.15) is 0 Å². The van der Waals surface area contributed by atoms with Gasteiger partial charge in [-0.3, -0.25) is 9.59 Å². The predicted octanol–water partition coefficient (Wildman–Crippen LogP) is 9.76. The first-order valence-corrected chi connectivity index (χ1v) is 14.9. The number of carbonyl (C=O) groups excluding carboxylic acids is 2. The van der Waals surface area contributed by atoms with E-state index in [0.29, 0.717) is 16.8 Å². The number of anilines is 4. The van der Waals surface area contributed by atoms with Crippen molar-refractivity contribution in [3.63, 3.8) is 0 Å². The van der Waals surface area contributed by atoms with Gasteiger partial charge < -0.3 is 4.90 Å². The molecule has 0 saturated carbocycles. The second-order valence-electron chi connectivity index (χ2n) is 10.5. The summed E-state index contributed by atoms with van der Waals surface area (Å²) in [5, 5.41) is 0. The SMILES string of the molecule is O=C1c2cc(-c3ccccc3)c(-c3ccccc3)cc2C(=O)N1c1ccc(N2c3ccccc3Sc3ccccc32)cc1. The van der Waals surface area contributed by atoms with E-state index in [0.717, 1.165) is 39.3 Å². The first-order valence-electron chi connectivity index (χ1n) is 14.1. The van der Waals surface area contributed by atoms with Crippen LogP contribution in [0.2, 0.25) is 0 Å². The predicted molar refractivity (Wildman–Crippen MR) is 174 cm³/mol. The molecule has 2 heterocycles. The quantitative estimate of drug-likeness (QED) is 0.197. The van der Waals surface area contributed by atoms with Crippen LogP contribution in [0.3, 0.4) is 0 Å². The van der Waals surface area contributed by atoms with Crippen LogP contribution in [0.25, 0.3) is 22.3 Å². The number of para-hydroxylation sites is 2. The van der Waals surface area contributed by atoms with Crippen LogP contribution in [0.1, 0.15) is 20.7 Å². The molecule has 8 rings (SSSR count). The van der Waals surface area contributed by atoms with Crippen molar-refractivity contribution in [1.82, 2.24) is 0 Å². The van der Waals surface area contributed by atoms with Crippen LogP contribution in [0.4, 0.5) is 22.7 Å². The second kappa shape index (κ2) is 10.2. The first kappa shape index (κ1) is 25.3. The highest BCUT2D eigenvalue weighted by molar-refractivity contribution is 7.99. The van der Waals surface area contributed by atoms with Gasteiger partial charge in [0.15, 0.2) is 0 Å². The van der Waals surface area contributed by atoms with E-state index in [1.165, 1.54) is 14.7 Å². The minimum Gasteiger partial charge on any atom is -0.308 e. The van der Waals surface area contributed by atoms with Gasteiger partial charge in [0.25, 0.3) is 11.8 Å². The zero-order valence-electron chi connectivity index (χ0n) is 23.0. The lowest BCUT2D eigenvalue weighted by Crippen LogP contribution is -2.29. The first-order chi connectivity index (χ1) is 21.2. The monoisotopic (exact) mass is 572 g/mol. The molecule has 0 bridgehead atoms. The van der Waals surface area contributed by atoms with Gasteiger partial charge in [0.1, 0.15) is 0 Å². The Morgan fingerprint density at radius 3 is 1.26 bits per heavy atom. The molecule has 0 aliphatic carbocycles. The van der Waals surface area contributed by atoms with Crippen LogP contribution in [0, 0.1) is 0 Å². The van der Waals surface area contributed by atoms with Crippen molar-refractivity contribution < 1.29 is 9.59 Å². The molecule has 2 aliphatic rings. The number of benzene rings is 6. The van der Waals surface area contributed by atoms with E-state index >= 15 is 0 Å². The summed E-state index contributed by atoms with van der Waals surface area (Å²) >= 11 is 1.76. The van der Waals surface area contributed by atoms with Gasteiger partial charge >= 0.3 is 0 Å². The third-order valence-electron chi connectivity index (χ3n) is 7.99. The van der Waals surface area contributed by atoms with Crippen LogP contribution < -0.4 is 9.80 Å². The fourth-order valence-electron chi connectivity index (χ4n) is 5.97. The number of hydrogen-bond acceptors (Lipinski definition) is 4. The van der Waals surface area contributed by atoms with Gasteiger partial charge in [0.2, 0.25) is 0 Å². The van der Waals surface area contributed by atoms with Crippen LogP contribution in [0.15, 0.2) is 155 Å². The lowest BCUT2D eigenvalue weighted by atomic mass is 9.90. The van der Waals surface area contributed by atoms with Gasteiger partial charge in [0, 0.05) is 15.5 Å². The Balaban J connectivity index is 1.19. The van der Waals surface area contributed by atoms with Crippen molar-refractivity contribution in [2.75, 3.05) is 9.80 Å². The molecule has 2 aliphatic heterocycles. The van der Waals surface area contributed by atoms with Crippen molar-refractivity contribution in [2.24, 2.45) is 0 Å². The number of hydrogen-bond donors (Lipinski definition) is 0. The molecule has 0 fully saturated rings. The Morgan fingerprint density at radius 2 is 0.791 bits per heavy atom. The number of fused-ring (bicyclic) bond motifs is 3. The molecule has 0 radical (unpaired) electrons. The van der Waals surface area contributed by atoms with Crippen LogP contribution in [0.5, 0.6) is 0 Å². The third kappa shape index (κ3) is 4.17. The Bertz CT molecular complexity index is 1920. The summed E-state index contributed by atoms with van der Waals surface area (Å²) < 4.78 is 0. The Hall–Kier alpha value is -5.39. The summed E-state index contributed by atoms with van der Waals surface area (Å²) in [6, 6.07) is 48.1. The third-order valence-corrected chi connectivity index (χ3v) is 9.12. The highest BCUT2D eigenvalue weighted by Gasteiger charge is 2.38. The van der Waals surface area contributed by atoms with Crippen molar-refractivity contribution in [3.05, 3.63) is 157 Å². The van der Waals surface area contributed by atoms with Crippen molar-refractivity contribution in [1.29, 1.82) is 0 Å². The summed E-state index contributed by atoms with van der Waals surface area (Å²) in [4.78, 5) is 33.6. The summed E-state index contributed by atoms with van der Waals surface area (Å²) in [5.41, 5.74) is 8.37. The topological polar surface area (TPSA) is 40.6 Å². The average Bonchev–Trinajstić information content (AvgIpc) is 3.32. The van der Waals surface area contributed by atoms with Crippen molar-refractivity contribution >= 4 is 46.3 Å². The van der Waals surface area contributed by atoms with Gasteiger partial charge in [0.05, 0.1) is 28.2 Å². The molecule has 204 valence electrons. The largest absolute Gasteiger partial charge is 0.308 e. The fraction of sp³-hybridized carbons (Fsp3) is 0. The molecule has 0 spiro atoms. The Kier molecular flexibility index (Phi) is 5.98. The zero-order valence-corrected chi connectivity index (χ0v) is 23.8. The molecule has 6 aromatic rings. The number of rotatable bonds is 4. The van der Waals surface area contributed by atoms with Crippen LogP contribution in [-0.2, 0) is 0 Å². The number of amides is 2. The molecule has 5 heteroatoms. The molecule has 4 nitrogen and oxygen atoms in total. The number of carbonyl (C=O) groups is 2. The molecule has 0 N–H and O–H groups in total. The molecular weight excluding hydrogens is 548 g/mol. The molecular formula is C38H24N2O2S. The number of nitrogens with zero attached hydrogens (tertiary/aromatic N) is 2. The standard InChI is InChI=1S/C38H24N2O2S/c41-37-31-23-29(25-11-3-1-4-12-25)30(26-13-5-2-6-14-26)24-32(31)38(42)40(37)28-21-19-27(20-22-28)39-33-15-7-9-17-35(33)43-36-18-10-8-16-34(36)39/h1-24H. The Morgan fingerprint density at radius 1 is 0.395 bits per heavy atom. The molecule has 0 unspecified atom stereocenters. The van der Waals surface area contributed by atoms with E-state index in [4.69, 9.17) is 0 Å². The molecule has 43 heavy (non-hydrogen) atoms. The van der Waals surface area contributed by atoms with Crippen LogP contribution in [-0.4, -0.2) is 11.8 Å². The lowest BCUT2D eigenvalue weighted by Gasteiger charge is -2.33. The maximum atomic E-state index is 13.8. The second-order valence-corrected chi connectivity index (χ2v) is 11.6. The highest BCUT2D eigenvalue weighted by atomic mass is 32.2. The van der Waals surface area contributed by atoms with Gasteiger partial charge in [-0.15, -0.1) is 0 Å². The van der Waals surface area contributed by atoms with Crippen LogP contribution >= 0.6 is 11.8 Å². The fourth-order valence-corrected chi connectivity index (χ4v) is 7.03. The minimum atomic E-state index is -0.311. The average molecular weight is 573 g/mol. The number of imide groups is 1. The maximum Gasteiger partial charge on any atom is 0.266 e. The summed E-state index contributed by atoms with van der Waals surface area (Å²) in [6.07, 6.45) is 0. The minimum absolute atomic E-state index is 0.311. The maximum absolute atomic E-state index is 13.8. The van der Waals surface area contributed by atoms with E-state index in [1.54, 1.807) is 11.8 Å². The summed E-state index contributed by atoms with van der Waals surface area (Å²) in [7, 11) is 0. The summed E-state index contributed by atoms with van der Waals surface area (Å²) in [5.74, 6) is -0.621. The highest BCUT2D eigenvalue weighted by Crippen LogP contribution is 2.51. The summed E-state index contributed by atoms with van der Waals surface area (Å²) in [6.45, 7) is 0. The molecule has 0 saturated heterocycles. The molecule has 6 aromatic carbocycles. The van der Waals surface area contributed by atoms with Gasteiger partial charge in [-0.1, -0.05) is 96.7 Å². The van der Waals surface area contributed by atoms with Crippen molar-refractivity contribution in [3.8, 4) is 22.3 Å².